The van der Waals surface area contributed by atoms with E-state index in [1.165, 1.54) is 30.0 Å². The Balaban J connectivity index is 1.60. The van der Waals surface area contributed by atoms with Gasteiger partial charge in [0, 0.05) is 24.4 Å². The number of benzene rings is 2. The second kappa shape index (κ2) is 11.3. The highest BCUT2D eigenvalue weighted by molar-refractivity contribution is 7.99. The van der Waals surface area contributed by atoms with Gasteiger partial charge in [0.05, 0.1) is 32.8 Å². The Morgan fingerprint density at radius 3 is 2.53 bits per heavy atom. The van der Waals surface area contributed by atoms with Crippen LogP contribution < -0.4 is 10.6 Å². The third kappa shape index (κ3) is 6.25. The van der Waals surface area contributed by atoms with Crippen LogP contribution in [0.4, 0.5) is 17.1 Å². The zero-order valence-electron chi connectivity index (χ0n) is 18.2. The van der Waals surface area contributed by atoms with Crippen molar-refractivity contribution in [3.8, 4) is 0 Å². The van der Waals surface area contributed by atoms with E-state index >= 15 is 0 Å². The van der Waals surface area contributed by atoms with Gasteiger partial charge in [-0.3, -0.25) is 19.7 Å². The zero-order valence-corrected chi connectivity index (χ0v) is 20.5. The van der Waals surface area contributed by atoms with Crippen LogP contribution in [0.2, 0.25) is 10.0 Å². The minimum Gasteiger partial charge on any atom is -0.325 e. The average molecular weight is 523 g/mol. The molecule has 3 rings (SSSR count). The molecule has 0 radical (unpaired) electrons. The summed E-state index contributed by atoms with van der Waals surface area (Å²) in [4.78, 5) is 35.2. The van der Waals surface area contributed by atoms with Crippen molar-refractivity contribution < 1.29 is 14.5 Å². The van der Waals surface area contributed by atoms with E-state index in [0.29, 0.717) is 39.5 Å². The molecule has 0 saturated heterocycles. The van der Waals surface area contributed by atoms with Crippen LogP contribution in [0, 0.1) is 17.0 Å². The number of rotatable bonds is 9. The first-order valence-corrected chi connectivity index (χ1v) is 11.8. The van der Waals surface area contributed by atoms with Gasteiger partial charge in [0.25, 0.3) is 5.69 Å². The standard InChI is InChI=1S/C21H20Cl2N6O4S/c1-3-28-17(10-18(30)25-16-6-4-5-14(22)20(16)23)26-27-21(28)34-11-19(31)24-15-8-7-13(29(32)33)9-12(15)2/h4-9H,3,10-11H2,1-2H3,(H,24,31)(H,25,30). The van der Waals surface area contributed by atoms with Crippen molar-refractivity contribution in [3.05, 3.63) is 67.9 Å². The van der Waals surface area contributed by atoms with E-state index in [9.17, 15) is 19.7 Å². The molecule has 13 heteroatoms. The normalized spacial score (nSPS) is 10.7. The second-order valence-corrected chi connectivity index (χ2v) is 8.79. The largest absolute Gasteiger partial charge is 0.325 e. The van der Waals surface area contributed by atoms with Crippen LogP contribution in [0.5, 0.6) is 0 Å². The number of nitro benzene ring substituents is 1. The van der Waals surface area contributed by atoms with Crippen molar-refractivity contribution in [2.24, 2.45) is 0 Å². The van der Waals surface area contributed by atoms with E-state index < -0.39 is 4.92 Å². The van der Waals surface area contributed by atoms with E-state index in [4.69, 9.17) is 23.2 Å². The number of aryl methyl sites for hydroxylation is 1. The minimum atomic E-state index is -0.493. The van der Waals surface area contributed by atoms with Crippen LogP contribution in [-0.2, 0) is 22.6 Å². The quantitative estimate of drug-likeness (QED) is 0.235. The molecule has 0 aliphatic carbocycles. The molecule has 2 aromatic carbocycles. The maximum Gasteiger partial charge on any atom is 0.269 e. The van der Waals surface area contributed by atoms with Crippen LogP contribution in [0.15, 0.2) is 41.6 Å². The Hall–Kier alpha value is -3.15. The maximum atomic E-state index is 12.5. The molecular weight excluding hydrogens is 503 g/mol. The van der Waals surface area contributed by atoms with Crippen molar-refractivity contribution in [3.63, 3.8) is 0 Å². The predicted molar refractivity (Wildman–Crippen MR) is 132 cm³/mol. The summed E-state index contributed by atoms with van der Waals surface area (Å²) in [5.74, 6) is -0.164. The molecule has 1 aromatic heterocycles. The molecule has 10 nitrogen and oxygen atoms in total. The number of thioether (sulfide) groups is 1. The van der Waals surface area contributed by atoms with E-state index in [1.807, 2.05) is 6.92 Å². The fourth-order valence-electron chi connectivity index (χ4n) is 3.03. The molecule has 0 fully saturated rings. The highest BCUT2D eigenvalue weighted by Gasteiger charge is 2.17. The Kier molecular flexibility index (Phi) is 8.48. The Morgan fingerprint density at radius 1 is 1.12 bits per heavy atom. The molecule has 2 amide bonds. The van der Waals surface area contributed by atoms with Crippen molar-refractivity contribution >= 4 is 63.8 Å². The number of carbonyl (C=O) groups excluding carboxylic acids is 2. The first kappa shape index (κ1) is 25.5. The summed E-state index contributed by atoms with van der Waals surface area (Å²) in [6.07, 6.45) is -0.0432. The van der Waals surface area contributed by atoms with Gasteiger partial charge in [0.1, 0.15) is 5.82 Å². The van der Waals surface area contributed by atoms with Crippen LogP contribution in [0.1, 0.15) is 18.3 Å². The van der Waals surface area contributed by atoms with Gasteiger partial charge >= 0.3 is 0 Å². The van der Waals surface area contributed by atoms with E-state index in [-0.39, 0.29) is 34.7 Å². The number of nitrogens with zero attached hydrogens (tertiary/aromatic N) is 4. The lowest BCUT2D eigenvalue weighted by molar-refractivity contribution is -0.384. The van der Waals surface area contributed by atoms with Crippen LogP contribution in [0.25, 0.3) is 0 Å². The molecule has 3 aromatic rings. The summed E-state index contributed by atoms with van der Waals surface area (Å²) < 4.78 is 1.74. The van der Waals surface area contributed by atoms with Gasteiger partial charge in [-0.15, -0.1) is 10.2 Å². The van der Waals surface area contributed by atoms with E-state index in [2.05, 4.69) is 20.8 Å². The van der Waals surface area contributed by atoms with Crippen LogP contribution in [0.3, 0.4) is 0 Å². The lowest BCUT2D eigenvalue weighted by Gasteiger charge is -2.10. The number of nitrogens with one attached hydrogen (secondary N) is 2. The lowest BCUT2D eigenvalue weighted by Crippen LogP contribution is -2.18. The van der Waals surface area contributed by atoms with Crippen molar-refractivity contribution in [2.75, 3.05) is 16.4 Å². The van der Waals surface area contributed by atoms with Crippen molar-refractivity contribution in [1.82, 2.24) is 14.8 Å². The lowest BCUT2D eigenvalue weighted by atomic mass is 10.2. The summed E-state index contributed by atoms with van der Waals surface area (Å²) >= 11 is 13.3. The van der Waals surface area contributed by atoms with Gasteiger partial charge in [-0.2, -0.15) is 0 Å². The SMILES string of the molecule is CCn1c(CC(=O)Nc2cccc(Cl)c2Cl)nnc1SCC(=O)Nc1ccc([N+](=O)[O-])cc1C. The van der Waals surface area contributed by atoms with Gasteiger partial charge < -0.3 is 15.2 Å². The molecule has 0 bridgehead atoms. The number of non-ortho nitro benzene ring substituents is 1. The highest BCUT2D eigenvalue weighted by atomic mass is 35.5. The number of halogens is 2. The first-order chi connectivity index (χ1) is 16.2. The minimum absolute atomic E-state index is 0.0406. The number of anilines is 2. The number of nitro groups is 1. The van der Waals surface area contributed by atoms with Gasteiger partial charge in [-0.1, -0.05) is 41.0 Å². The van der Waals surface area contributed by atoms with E-state index in [0.717, 1.165) is 0 Å². The third-order valence-electron chi connectivity index (χ3n) is 4.68. The summed E-state index contributed by atoms with van der Waals surface area (Å²) in [6, 6.07) is 9.16. The summed E-state index contributed by atoms with van der Waals surface area (Å²) in [6.45, 7) is 4.05. The number of hydrogen-bond acceptors (Lipinski definition) is 7. The Bertz CT molecular complexity index is 1250. The molecule has 0 aliphatic heterocycles. The molecule has 34 heavy (non-hydrogen) atoms. The van der Waals surface area contributed by atoms with Crippen molar-refractivity contribution in [2.45, 2.75) is 32.0 Å². The predicted octanol–water partition coefficient (Wildman–Crippen LogP) is 4.73. The summed E-state index contributed by atoms with van der Waals surface area (Å²) in [5, 5.41) is 25.6. The van der Waals surface area contributed by atoms with Gasteiger partial charge in [0.2, 0.25) is 11.8 Å². The van der Waals surface area contributed by atoms with Gasteiger partial charge in [-0.05, 0) is 37.6 Å². The molecule has 0 spiro atoms. The van der Waals surface area contributed by atoms with Crippen molar-refractivity contribution in [1.29, 1.82) is 0 Å². The number of amides is 2. The summed E-state index contributed by atoms with van der Waals surface area (Å²) in [7, 11) is 0. The zero-order chi connectivity index (χ0) is 24.8. The molecule has 0 saturated carbocycles. The first-order valence-electron chi connectivity index (χ1n) is 10.0. The van der Waals surface area contributed by atoms with Crippen LogP contribution in [-0.4, -0.2) is 37.3 Å². The van der Waals surface area contributed by atoms with E-state index in [1.54, 1.807) is 29.7 Å². The smallest absolute Gasteiger partial charge is 0.269 e. The molecule has 1 heterocycles. The second-order valence-electron chi connectivity index (χ2n) is 7.06. The third-order valence-corrected chi connectivity index (χ3v) is 6.47. The van der Waals surface area contributed by atoms with Crippen LogP contribution >= 0.6 is 35.0 Å². The fraction of sp³-hybridized carbons (Fsp3) is 0.238. The molecule has 0 aliphatic rings. The molecule has 0 unspecified atom stereocenters. The summed E-state index contributed by atoms with van der Waals surface area (Å²) in [5.41, 5.74) is 1.42. The average Bonchev–Trinajstić information content (AvgIpc) is 3.17. The maximum absolute atomic E-state index is 12.5. The fourth-order valence-corrected chi connectivity index (χ4v) is 4.20. The molecule has 178 valence electrons. The monoisotopic (exact) mass is 522 g/mol. The van der Waals surface area contributed by atoms with Gasteiger partial charge in [0.15, 0.2) is 5.16 Å². The number of aromatic nitrogens is 3. The number of carbonyl (C=O) groups is 2. The topological polar surface area (TPSA) is 132 Å². The van der Waals surface area contributed by atoms with Gasteiger partial charge in [-0.25, -0.2) is 0 Å². The molecule has 0 atom stereocenters. The molecule has 2 N–H and O–H groups in total. The number of hydrogen-bond donors (Lipinski definition) is 2. The Morgan fingerprint density at radius 2 is 1.85 bits per heavy atom. The Labute approximate surface area is 209 Å². The highest BCUT2D eigenvalue weighted by Crippen LogP contribution is 2.29. The molecular formula is C21H20Cl2N6O4S.